The topological polar surface area (TPSA) is 40.5 Å². The van der Waals surface area contributed by atoms with E-state index in [2.05, 4.69) is 31.9 Å². The van der Waals surface area contributed by atoms with Crippen LogP contribution < -0.4 is 24.8 Å². The Morgan fingerprint density at radius 3 is 1.16 bits per heavy atom. The summed E-state index contributed by atoms with van der Waals surface area (Å²) in [6, 6.07) is 13.8. The van der Waals surface area contributed by atoms with Crippen LogP contribution in [0.5, 0.6) is 11.5 Å². The molecule has 2 aromatic rings. The van der Waals surface area contributed by atoms with Crippen LogP contribution in [0.3, 0.4) is 0 Å². The molecule has 0 heterocycles. The minimum absolute atomic E-state index is 0. The molecular formula is C12H10Br2Cl2O2Zr. The third-order valence-electron chi connectivity index (χ3n) is 1.62. The third-order valence-corrected chi connectivity index (χ3v) is 2.60. The molecule has 0 radical (unpaired) electrons. The maximum absolute atomic E-state index is 8.78. The fourth-order valence-corrected chi connectivity index (χ4v) is 1.73. The van der Waals surface area contributed by atoms with E-state index in [1.807, 2.05) is 12.1 Å². The van der Waals surface area contributed by atoms with Crippen LogP contribution in [-0.2, 0) is 26.2 Å². The van der Waals surface area contributed by atoms with Gasteiger partial charge < -0.3 is 35.0 Å². The van der Waals surface area contributed by atoms with Crippen LogP contribution in [0, 0.1) is 0 Å². The molecule has 0 saturated carbocycles. The smallest absolute Gasteiger partial charge is 1.00 e. The van der Waals surface area contributed by atoms with E-state index in [0.29, 0.717) is 11.5 Å². The molecule has 2 nitrogen and oxygen atoms in total. The van der Waals surface area contributed by atoms with E-state index in [-0.39, 0.29) is 51.0 Å². The van der Waals surface area contributed by atoms with Gasteiger partial charge in [0, 0.05) is 8.95 Å². The first-order chi connectivity index (χ1) is 7.58. The van der Waals surface area contributed by atoms with Crippen molar-refractivity contribution in [1.82, 2.24) is 0 Å². The fraction of sp³-hybridized carbons (Fsp3) is 0. The van der Waals surface area contributed by atoms with E-state index in [1.54, 1.807) is 36.4 Å². The van der Waals surface area contributed by atoms with Gasteiger partial charge in [-0.15, -0.1) is 0 Å². The van der Waals surface area contributed by atoms with Gasteiger partial charge in [0.05, 0.1) is 0 Å². The molecule has 0 atom stereocenters. The Labute approximate surface area is 160 Å². The van der Waals surface area contributed by atoms with E-state index in [9.17, 15) is 0 Å². The van der Waals surface area contributed by atoms with Crippen molar-refractivity contribution < 1.29 is 61.2 Å². The van der Waals surface area contributed by atoms with Gasteiger partial charge in [0.15, 0.2) is 0 Å². The molecule has 0 unspecified atom stereocenters. The van der Waals surface area contributed by atoms with Gasteiger partial charge in [0.2, 0.25) is 0 Å². The first-order valence-electron chi connectivity index (χ1n) is 4.47. The Morgan fingerprint density at radius 1 is 0.684 bits per heavy atom. The number of phenols is 2. The number of hydrogen-bond donors (Lipinski definition) is 2. The molecule has 0 bridgehead atoms. The van der Waals surface area contributed by atoms with Gasteiger partial charge in [-0.25, -0.2) is 0 Å². The normalized spacial score (nSPS) is 7.68. The third kappa shape index (κ3) is 12.0. The molecule has 2 N–H and O–H groups in total. The zero-order valence-corrected chi connectivity index (χ0v) is 16.7. The van der Waals surface area contributed by atoms with Crippen LogP contribution in [0.15, 0.2) is 57.5 Å². The van der Waals surface area contributed by atoms with Crippen molar-refractivity contribution in [1.29, 1.82) is 0 Å². The molecule has 0 aromatic heterocycles. The summed E-state index contributed by atoms with van der Waals surface area (Å²) < 4.78 is 1.80. The van der Waals surface area contributed by atoms with Crippen LogP contribution in [0.4, 0.5) is 0 Å². The van der Waals surface area contributed by atoms with Gasteiger partial charge >= 0.3 is 26.2 Å². The molecule has 102 valence electrons. The van der Waals surface area contributed by atoms with Gasteiger partial charge in [-0.05, 0) is 36.4 Å². The minimum atomic E-state index is 0. The van der Waals surface area contributed by atoms with Gasteiger partial charge in [0.1, 0.15) is 11.5 Å². The van der Waals surface area contributed by atoms with Crippen LogP contribution in [0.2, 0.25) is 0 Å². The molecule has 0 amide bonds. The van der Waals surface area contributed by atoms with Gasteiger partial charge in [-0.3, -0.25) is 0 Å². The first-order valence-corrected chi connectivity index (χ1v) is 6.05. The van der Waals surface area contributed by atoms with Crippen molar-refractivity contribution in [3.05, 3.63) is 57.5 Å². The number of halogens is 4. The second-order valence-corrected chi connectivity index (χ2v) is 4.79. The number of hydrogen-bond acceptors (Lipinski definition) is 2. The van der Waals surface area contributed by atoms with Crippen LogP contribution in [0.25, 0.3) is 0 Å². The standard InChI is InChI=1S/2C6H5BrO.2ClH.Zr/c2*7-5-2-1-3-6(8)4-5;;;/h2*1-4,8H;2*1H;/q;;;;+2/p-2. The molecule has 0 saturated heterocycles. The van der Waals surface area contributed by atoms with E-state index in [1.165, 1.54) is 0 Å². The Hall–Kier alpha value is 0.463. The maximum Gasteiger partial charge on any atom is 2.00 e. The predicted octanol–water partition coefficient (Wildman–Crippen LogP) is -1.69. The molecule has 0 spiro atoms. The van der Waals surface area contributed by atoms with Gasteiger partial charge in [-0.2, -0.15) is 0 Å². The van der Waals surface area contributed by atoms with Crippen LogP contribution in [-0.4, -0.2) is 10.2 Å². The molecule has 0 fully saturated rings. The van der Waals surface area contributed by atoms with E-state index >= 15 is 0 Å². The second kappa shape index (κ2) is 13.4. The quantitative estimate of drug-likeness (QED) is 0.447. The van der Waals surface area contributed by atoms with Crippen LogP contribution in [0.1, 0.15) is 0 Å². The summed E-state index contributed by atoms with van der Waals surface area (Å²) in [7, 11) is 0. The van der Waals surface area contributed by atoms with Crippen molar-refractivity contribution in [2.45, 2.75) is 0 Å². The Balaban J connectivity index is -0.000000233. The summed E-state index contributed by atoms with van der Waals surface area (Å²) >= 11 is 6.40. The second-order valence-electron chi connectivity index (χ2n) is 2.96. The van der Waals surface area contributed by atoms with Crippen molar-refractivity contribution >= 4 is 31.9 Å². The first kappa shape index (κ1) is 24.5. The summed E-state index contributed by atoms with van der Waals surface area (Å²) in [5.74, 6) is 0.582. The average Bonchev–Trinajstić information content (AvgIpc) is 2.17. The van der Waals surface area contributed by atoms with Crippen LogP contribution >= 0.6 is 31.9 Å². The zero-order chi connectivity index (χ0) is 12.0. The molecule has 0 aliphatic carbocycles. The largest absolute Gasteiger partial charge is 2.00 e. The Kier molecular flexibility index (Phi) is 17.3. The SMILES string of the molecule is Oc1cccc(Br)c1.Oc1cccc(Br)c1.[Cl-].[Cl-].[Zr+2]. The minimum Gasteiger partial charge on any atom is -1.00 e. The predicted molar refractivity (Wildman–Crippen MR) is 71.6 cm³/mol. The summed E-state index contributed by atoms with van der Waals surface area (Å²) in [5.41, 5.74) is 0. The average molecular weight is 508 g/mol. The molecular weight excluding hydrogens is 498 g/mol. The van der Waals surface area contributed by atoms with E-state index in [4.69, 9.17) is 10.2 Å². The molecule has 2 rings (SSSR count). The molecule has 7 heteroatoms. The summed E-state index contributed by atoms with van der Waals surface area (Å²) in [4.78, 5) is 0. The number of aromatic hydroxyl groups is 2. The summed E-state index contributed by atoms with van der Waals surface area (Å²) in [5, 5.41) is 17.6. The summed E-state index contributed by atoms with van der Waals surface area (Å²) in [6.45, 7) is 0. The van der Waals surface area contributed by atoms with Crippen molar-refractivity contribution in [3.63, 3.8) is 0 Å². The molecule has 19 heavy (non-hydrogen) atoms. The van der Waals surface area contributed by atoms with Gasteiger partial charge in [-0.1, -0.05) is 44.0 Å². The molecule has 2 aromatic carbocycles. The van der Waals surface area contributed by atoms with Crippen molar-refractivity contribution in [2.75, 3.05) is 0 Å². The monoisotopic (exact) mass is 504 g/mol. The maximum atomic E-state index is 8.78. The van der Waals surface area contributed by atoms with Gasteiger partial charge in [0.25, 0.3) is 0 Å². The summed E-state index contributed by atoms with van der Waals surface area (Å²) in [6.07, 6.45) is 0. The Bertz CT molecular complexity index is 395. The fourth-order valence-electron chi connectivity index (χ4n) is 0.952. The number of phenolic OH excluding ortho intramolecular Hbond substituents is 2. The Morgan fingerprint density at radius 2 is 1.00 bits per heavy atom. The molecule has 0 aliphatic rings. The number of benzene rings is 2. The van der Waals surface area contributed by atoms with Crippen molar-refractivity contribution in [3.8, 4) is 11.5 Å². The zero-order valence-electron chi connectivity index (χ0n) is 9.53. The van der Waals surface area contributed by atoms with Crippen molar-refractivity contribution in [2.24, 2.45) is 0 Å². The van der Waals surface area contributed by atoms with E-state index in [0.717, 1.165) is 8.95 Å². The number of rotatable bonds is 0. The van der Waals surface area contributed by atoms with E-state index < -0.39 is 0 Å². The molecule has 0 aliphatic heterocycles.